The van der Waals surface area contributed by atoms with Crippen LogP contribution in [0.25, 0.3) is 0 Å². The highest BCUT2D eigenvalue weighted by Gasteiger charge is 2.18. The average Bonchev–Trinajstić information content (AvgIpc) is 2.27. The smallest absolute Gasteiger partial charge is 0.337 e. The van der Waals surface area contributed by atoms with Crippen molar-refractivity contribution in [2.45, 2.75) is 27.7 Å². The van der Waals surface area contributed by atoms with Crippen molar-refractivity contribution in [2.75, 3.05) is 17.6 Å². The van der Waals surface area contributed by atoms with E-state index in [0.717, 1.165) is 6.54 Å². The lowest BCUT2D eigenvalue weighted by Crippen LogP contribution is -2.25. The fourth-order valence-corrected chi connectivity index (χ4v) is 2.36. The van der Waals surface area contributed by atoms with Crippen LogP contribution in [-0.2, 0) is 0 Å². The topological polar surface area (TPSA) is 75.3 Å². The van der Waals surface area contributed by atoms with Gasteiger partial charge in [-0.05, 0) is 36.0 Å². The Kier molecular flexibility index (Phi) is 5.21. The highest BCUT2D eigenvalue weighted by atomic mass is 16.4. The number of carbonyl (C=O) groups is 1. The van der Waals surface area contributed by atoms with Crippen LogP contribution in [0.15, 0.2) is 18.2 Å². The molecular weight excluding hydrogens is 240 g/mol. The molecule has 19 heavy (non-hydrogen) atoms. The van der Waals surface area contributed by atoms with E-state index in [4.69, 9.17) is 10.8 Å². The molecule has 0 aliphatic heterocycles. The lowest BCUT2D eigenvalue weighted by atomic mass is 9.85. The summed E-state index contributed by atoms with van der Waals surface area (Å²) >= 11 is 0. The van der Waals surface area contributed by atoms with Crippen molar-refractivity contribution >= 4 is 17.3 Å². The standard InChI is InChI=1S/C15H24N2O2/c1-9(2)13(10(3)4)8-17-14-7-11(16)5-6-12(14)15(18)19/h5-7,9-10,13,17H,8,16H2,1-4H3,(H,18,19). The van der Waals surface area contributed by atoms with Gasteiger partial charge in [0.15, 0.2) is 0 Å². The Morgan fingerprint density at radius 2 is 1.84 bits per heavy atom. The second kappa shape index (κ2) is 6.45. The third-order valence-corrected chi connectivity index (χ3v) is 3.51. The quantitative estimate of drug-likeness (QED) is 0.689. The van der Waals surface area contributed by atoms with E-state index in [0.29, 0.717) is 29.1 Å². The molecule has 4 heteroatoms. The van der Waals surface area contributed by atoms with Gasteiger partial charge >= 0.3 is 5.97 Å². The number of hydrogen-bond donors (Lipinski definition) is 3. The van der Waals surface area contributed by atoms with E-state index in [1.807, 2.05) is 0 Å². The SMILES string of the molecule is CC(C)C(CNc1cc(N)ccc1C(=O)O)C(C)C. The number of anilines is 2. The summed E-state index contributed by atoms with van der Waals surface area (Å²) in [7, 11) is 0. The minimum atomic E-state index is -0.937. The summed E-state index contributed by atoms with van der Waals surface area (Å²) in [4.78, 5) is 11.2. The van der Waals surface area contributed by atoms with Gasteiger partial charge in [0.05, 0.1) is 11.3 Å². The molecule has 0 bridgehead atoms. The van der Waals surface area contributed by atoms with E-state index < -0.39 is 5.97 Å². The first-order valence-corrected chi connectivity index (χ1v) is 6.69. The number of rotatable bonds is 6. The zero-order valence-electron chi connectivity index (χ0n) is 12.1. The summed E-state index contributed by atoms with van der Waals surface area (Å²) in [5, 5.41) is 12.4. The molecule has 0 saturated carbocycles. The van der Waals surface area contributed by atoms with Gasteiger partial charge in [0.25, 0.3) is 0 Å². The second-order valence-corrected chi connectivity index (χ2v) is 5.64. The molecule has 0 spiro atoms. The van der Waals surface area contributed by atoms with Crippen LogP contribution >= 0.6 is 0 Å². The number of nitrogen functional groups attached to an aromatic ring is 1. The Labute approximate surface area is 115 Å². The van der Waals surface area contributed by atoms with Crippen molar-refractivity contribution in [1.29, 1.82) is 0 Å². The number of nitrogens with one attached hydrogen (secondary N) is 1. The van der Waals surface area contributed by atoms with Crippen molar-refractivity contribution in [3.63, 3.8) is 0 Å². The van der Waals surface area contributed by atoms with Crippen LogP contribution < -0.4 is 11.1 Å². The highest BCUT2D eigenvalue weighted by molar-refractivity contribution is 5.95. The Morgan fingerprint density at radius 1 is 1.26 bits per heavy atom. The number of carboxylic acids is 1. The van der Waals surface area contributed by atoms with Crippen LogP contribution in [0.1, 0.15) is 38.1 Å². The van der Waals surface area contributed by atoms with Gasteiger partial charge in [0.2, 0.25) is 0 Å². The van der Waals surface area contributed by atoms with Gasteiger partial charge in [-0.25, -0.2) is 4.79 Å². The molecule has 0 aromatic heterocycles. The average molecular weight is 264 g/mol. The number of aromatic carboxylic acids is 1. The number of hydrogen-bond acceptors (Lipinski definition) is 3. The molecule has 0 radical (unpaired) electrons. The summed E-state index contributed by atoms with van der Waals surface area (Å²) in [6.45, 7) is 9.49. The van der Waals surface area contributed by atoms with E-state index in [1.165, 1.54) is 0 Å². The Balaban J connectivity index is 2.87. The molecule has 0 fully saturated rings. The molecule has 0 amide bonds. The zero-order chi connectivity index (χ0) is 14.6. The maximum absolute atomic E-state index is 11.2. The fraction of sp³-hybridized carbons (Fsp3) is 0.533. The van der Waals surface area contributed by atoms with Crippen LogP contribution in [0.3, 0.4) is 0 Å². The molecule has 4 N–H and O–H groups in total. The van der Waals surface area contributed by atoms with Crippen LogP contribution in [0, 0.1) is 17.8 Å². The van der Waals surface area contributed by atoms with Crippen LogP contribution in [0.5, 0.6) is 0 Å². The zero-order valence-corrected chi connectivity index (χ0v) is 12.1. The number of benzene rings is 1. The molecule has 106 valence electrons. The summed E-state index contributed by atoms with van der Waals surface area (Å²) in [5.41, 5.74) is 7.15. The highest BCUT2D eigenvalue weighted by Crippen LogP contribution is 2.24. The molecule has 4 nitrogen and oxygen atoms in total. The monoisotopic (exact) mass is 264 g/mol. The first-order valence-electron chi connectivity index (χ1n) is 6.69. The molecule has 0 saturated heterocycles. The molecule has 1 aromatic rings. The van der Waals surface area contributed by atoms with Crippen LogP contribution in [0.4, 0.5) is 11.4 Å². The van der Waals surface area contributed by atoms with E-state index in [9.17, 15) is 4.79 Å². The summed E-state index contributed by atoms with van der Waals surface area (Å²) in [5.74, 6) is 0.639. The van der Waals surface area contributed by atoms with E-state index >= 15 is 0 Å². The first-order chi connectivity index (χ1) is 8.82. The normalized spacial score (nSPS) is 11.3. The Hall–Kier alpha value is -1.71. The predicted molar refractivity (Wildman–Crippen MR) is 79.5 cm³/mol. The largest absolute Gasteiger partial charge is 0.478 e. The minimum absolute atomic E-state index is 0.264. The van der Waals surface area contributed by atoms with Crippen molar-refractivity contribution in [2.24, 2.45) is 17.8 Å². The molecule has 0 aliphatic rings. The van der Waals surface area contributed by atoms with Crippen LogP contribution in [0.2, 0.25) is 0 Å². The third kappa shape index (κ3) is 4.16. The molecule has 0 aliphatic carbocycles. The molecule has 1 rings (SSSR count). The third-order valence-electron chi connectivity index (χ3n) is 3.51. The molecular formula is C15H24N2O2. The summed E-state index contributed by atoms with van der Waals surface area (Å²) < 4.78 is 0. The van der Waals surface area contributed by atoms with Crippen molar-refractivity contribution < 1.29 is 9.90 Å². The number of nitrogens with two attached hydrogens (primary N) is 1. The Bertz CT molecular complexity index is 434. The van der Waals surface area contributed by atoms with E-state index in [-0.39, 0.29) is 5.56 Å². The lowest BCUT2D eigenvalue weighted by molar-refractivity contribution is 0.0698. The fourth-order valence-electron chi connectivity index (χ4n) is 2.36. The molecule has 0 atom stereocenters. The van der Waals surface area contributed by atoms with Gasteiger partial charge in [-0.1, -0.05) is 27.7 Å². The van der Waals surface area contributed by atoms with Crippen molar-refractivity contribution in [3.05, 3.63) is 23.8 Å². The van der Waals surface area contributed by atoms with Crippen LogP contribution in [-0.4, -0.2) is 17.6 Å². The van der Waals surface area contributed by atoms with Gasteiger partial charge in [0.1, 0.15) is 0 Å². The lowest BCUT2D eigenvalue weighted by Gasteiger charge is -2.26. The summed E-state index contributed by atoms with van der Waals surface area (Å²) in [6, 6.07) is 4.83. The molecule has 0 heterocycles. The molecule has 0 unspecified atom stereocenters. The van der Waals surface area contributed by atoms with Gasteiger partial charge < -0.3 is 16.2 Å². The van der Waals surface area contributed by atoms with Gasteiger partial charge in [-0.3, -0.25) is 0 Å². The van der Waals surface area contributed by atoms with Crippen molar-refractivity contribution in [3.8, 4) is 0 Å². The maximum atomic E-state index is 11.2. The van der Waals surface area contributed by atoms with Crippen molar-refractivity contribution in [1.82, 2.24) is 0 Å². The predicted octanol–water partition coefficient (Wildman–Crippen LogP) is 3.31. The van der Waals surface area contributed by atoms with Gasteiger partial charge in [-0.2, -0.15) is 0 Å². The Morgan fingerprint density at radius 3 is 2.32 bits per heavy atom. The second-order valence-electron chi connectivity index (χ2n) is 5.64. The van der Waals surface area contributed by atoms with Gasteiger partial charge in [0, 0.05) is 12.2 Å². The molecule has 1 aromatic carbocycles. The maximum Gasteiger partial charge on any atom is 0.337 e. The first kappa shape index (κ1) is 15.3. The number of carboxylic acid groups (broad SMARTS) is 1. The van der Waals surface area contributed by atoms with E-state index in [2.05, 4.69) is 33.0 Å². The van der Waals surface area contributed by atoms with E-state index in [1.54, 1.807) is 18.2 Å². The van der Waals surface area contributed by atoms with Gasteiger partial charge in [-0.15, -0.1) is 0 Å². The summed E-state index contributed by atoms with van der Waals surface area (Å²) in [6.07, 6.45) is 0. The minimum Gasteiger partial charge on any atom is -0.478 e.